The van der Waals surface area contributed by atoms with Crippen molar-refractivity contribution in [2.24, 2.45) is 0 Å². The summed E-state index contributed by atoms with van der Waals surface area (Å²) < 4.78 is 39.8. The van der Waals surface area contributed by atoms with E-state index >= 15 is 0 Å². The topological polar surface area (TPSA) is 109 Å². The number of aromatic nitrogens is 5. The van der Waals surface area contributed by atoms with Crippen molar-refractivity contribution in [3.8, 4) is 11.9 Å². The largest absolute Gasteiger partial charge is 0.433 e. The maximum atomic E-state index is 12.8. The van der Waals surface area contributed by atoms with E-state index in [0.717, 1.165) is 12.1 Å². The average Bonchev–Trinajstić information content (AvgIpc) is 3.09. The zero-order chi connectivity index (χ0) is 21.2. The molecule has 0 radical (unpaired) electrons. The molecule has 29 heavy (non-hydrogen) atoms. The van der Waals surface area contributed by atoms with Crippen LogP contribution in [-0.4, -0.2) is 30.6 Å². The second-order valence-electron chi connectivity index (χ2n) is 6.05. The second-order valence-corrected chi connectivity index (χ2v) is 6.05. The van der Waals surface area contributed by atoms with E-state index in [1.165, 1.54) is 16.9 Å². The lowest BCUT2D eigenvalue weighted by Crippen LogP contribution is -2.30. The molecule has 0 aromatic carbocycles. The smallest absolute Gasteiger partial charge is 0.341 e. The predicted molar refractivity (Wildman–Crippen MR) is 93.7 cm³/mol. The molecule has 1 atom stereocenters. The molecule has 0 saturated heterocycles. The van der Waals surface area contributed by atoms with Crippen LogP contribution in [0.4, 0.5) is 13.2 Å². The van der Waals surface area contributed by atoms with Crippen LogP contribution in [0, 0.1) is 18.3 Å². The Labute approximate surface area is 163 Å². The number of hydrogen-bond donors (Lipinski definition) is 1. The number of alkyl halides is 3. The van der Waals surface area contributed by atoms with Crippen LogP contribution < -0.4 is 5.32 Å². The standard InChI is InChI=1S/C18H14F3N7O/c1-10(24-17(29)13-4-3-5-14(26-13)18(19,20)21)16-25-11(2)27-28(16)15-7-6-12(8-22)9-23-15/h3-7,9-10H,1-2H3,(H,24,29)/t10-/m0/s1. The molecular formula is C18H14F3N7O. The summed E-state index contributed by atoms with van der Waals surface area (Å²) in [6.45, 7) is 3.25. The molecule has 0 fully saturated rings. The lowest BCUT2D eigenvalue weighted by molar-refractivity contribution is -0.141. The van der Waals surface area contributed by atoms with Crippen molar-refractivity contribution >= 4 is 5.91 Å². The number of pyridine rings is 2. The molecule has 148 valence electrons. The Bertz CT molecular complexity index is 1080. The number of rotatable bonds is 4. The van der Waals surface area contributed by atoms with Crippen molar-refractivity contribution in [3.05, 3.63) is 65.1 Å². The van der Waals surface area contributed by atoms with Gasteiger partial charge < -0.3 is 5.32 Å². The summed E-state index contributed by atoms with van der Waals surface area (Å²) in [5.41, 5.74) is -1.16. The van der Waals surface area contributed by atoms with Gasteiger partial charge in [0, 0.05) is 6.20 Å². The lowest BCUT2D eigenvalue weighted by Gasteiger charge is -2.14. The first kappa shape index (κ1) is 19.9. The Morgan fingerprint density at radius 1 is 1.24 bits per heavy atom. The number of carbonyl (C=O) groups is 1. The van der Waals surface area contributed by atoms with Gasteiger partial charge in [-0.05, 0) is 38.1 Å². The Morgan fingerprint density at radius 2 is 2.00 bits per heavy atom. The maximum absolute atomic E-state index is 12.8. The summed E-state index contributed by atoms with van der Waals surface area (Å²) in [6, 6.07) is 7.46. The molecule has 3 aromatic heterocycles. The van der Waals surface area contributed by atoms with Crippen LogP contribution in [0.2, 0.25) is 0 Å². The molecule has 0 aliphatic rings. The molecular weight excluding hydrogens is 387 g/mol. The van der Waals surface area contributed by atoms with Gasteiger partial charge in [0.1, 0.15) is 23.3 Å². The summed E-state index contributed by atoms with van der Waals surface area (Å²) in [5.74, 6) is 0.311. The van der Waals surface area contributed by atoms with Gasteiger partial charge in [-0.1, -0.05) is 6.07 Å². The van der Waals surface area contributed by atoms with E-state index in [1.807, 2.05) is 6.07 Å². The van der Waals surface area contributed by atoms with Gasteiger partial charge in [0.05, 0.1) is 11.6 Å². The summed E-state index contributed by atoms with van der Waals surface area (Å²) >= 11 is 0. The second kappa shape index (κ2) is 7.67. The van der Waals surface area contributed by atoms with Crippen LogP contribution in [0.15, 0.2) is 36.5 Å². The number of nitrogens with zero attached hydrogens (tertiary/aromatic N) is 6. The van der Waals surface area contributed by atoms with E-state index in [4.69, 9.17) is 5.26 Å². The zero-order valence-electron chi connectivity index (χ0n) is 15.3. The first-order valence-corrected chi connectivity index (χ1v) is 8.34. The van der Waals surface area contributed by atoms with E-state index in [0.29, 0.717) is 23.0 Å². The average molecular weight is 401 g/mol. The van der Waals surface area contributed by atoms with Gasteiger partial charge in [0.25, 0.3) is 5.91 Å². The first-order valence-electron chi connectivity index (χ1n) is 8.34. The van der Waals surface area contributed by atoms with Crippen molar-refractivity contribution in [3.63, 3.8) is 0 Å². The Morgan fingerprint density at radius 3 is 2.62 bits per heavy atom. The zero-order valence-corrected chi connectivity index (χ0v) is 15.3. The summed E-state index contributed by atoms with van der Waals surface area (Å²) in [6.07, 6.45) is -3.29. The highest BCUT2D eigenvalue weighted by Gasteiger charge is 2.33. The molecule has 0 bridgehead atoms. The predicted octanol–water partition coefficient (Wildman–Crippen LogP) is 2.75. The van der Waals surface area contributed by atoms with Gasteiger partial charge in [-0.15, -0.1) is 5.10 Å². The highest BCUT2D eigenvalue weighted by Crippen LogP contribution is 2.27. The molecule has 0 aliphatic heterocycles. The third-order valence-electron chi connectivity index (χ3n) is 3.84. The molecule has 0 spiro atoms. The minimum absolute atomic E-state index is 0.319. The van der Waals surface area contributed by atoms with Gasteiger partial charge in [-0.2, -0.15) is 23.1 Å². The fourth-order valence-corrected chi connectivity index (χ4v) is 2.51. The van der Waals surface area contributed by atoms with E-state index in [2.05, 4.69) is 25.4 Å². The minimum atomic E-state index is -4.65. The number of nitrogens with one attached hydrogen (secondary N) is 1. The van der Waals surface area contributed by atoms with Gasteiger partial charge >= 0.3 is 6.18 Å². The van der Waals surface area contributed by atoms with Crippen LogP contribution in [0.5, 0.6) is 0 Å². The first-order chi connectivity index (χ1) is 13.7. The summed E-state index contributed by atoms with van der Waals surface area (Å²) in [4.78, 5) is 24.2. The Kier molecular flexibility index (Phi) is 5.27. The van der Waals surface area contributed by atoms with E-state index in [-0.39, 0.29) is 5.69 Å². The minimum Gasteiger partial charge on any atom is -0.341 e. The molecule has 11 heteroatoms. The van der Waals surface area contributed by atoms with Crippen molar-refractivity contribution < 1.29 is 18.0 Å². The summed E-state index contributed by atoms with van der Waals surface area (Å²) in [5, 5.41) is 15.7. The fourth-order valence-electron chi connectivity index (χ4n) is 2.51. The molecule has 3 heterocycles. The molecule has 0 saturated carbocycles. The molecule has 8 nitrogen and oxygen atoms in total. The maximum Gasteiger partial charge on any atom is 0.433 e. The highest BCUT2D eigenvalue weighted by molar-refractivity contribution is 5.92. The highest BCUT2D eigenvalue weighted by atomic mass is 19.4. The molecule has 1 N–H and O–H groups in total. The van der Waals surface area contributed by atoms with Crippen LogP contribution in [0.1, 0.15) is 46.4 Å². The van der Waals surface area contributed by atoms with Crippen LogP contribution in [0.3, 0.4) is 0 Å². The van der Waals surface area contributed by atoms with Gasteiger partial charge in [0.2, 0.25) is 0 Å². The van der Waals surface area contributed by atoms with Gasteiger partial charge in [0.15, 0.2) is 11.6 Å². The number of hydrogen-bond acceptors (Lipinski definition) is 6. The van der Waals surface area contributed by atoms with E-state index in [9.17, 15) is 18.0 Å². The van der Waals surface area contributed by atoms with Gasteiger partial charge in [-0.25, -0.2) is 15.0 Å². The lowest BCUT2D eigenvalue weighted by atomic mass is 10.2. The number of amides is 1. The molecule has 0 aliphatic carbocycles. The van der Waals surface area contributed by atoms with E-state index < -0.39 is 23.8 Å². The number of carbonyl (C=O) groups excluding carboxylic acids is 1. The number of halogens is 3. The summed E-state index contributed by atoms with van der Waals surface area (Å²) in [7, 11) is 0. The van der Waals surface area contributed by atoms with Crippen LogP contribution >= 0.6 is 0 Å². The normalized spacial score (nSPS) is 12.3. The van der Waals surface area contributed by atoms with E-state index in [1.54, 1.807) is 26.0 Å². The van der Waals surface area contributed by atoms with Crippen molar-refractivity contribution in [2.75, 3.05) is 0 Å². The molecule has 3 rings (SSSR count). The Hall–Kier alpha value is -3.81. The fraction of sp³-hybridized carbons (Fsp3) is 0.222. The van der Waals surface area contributed by atoms with Crippen LogP contribution in [0.25, 0.3) is 5.82 Å². The number of aryl methyl sites for hydroxylation is 1. The quantitative estimate of drug-likeness (QED) is 0.720. The molecule has 3 aromatic rings. The van der Waals surface area contributed by atoms with Crippen molar-refractivity contribution in [1.82, 2.24) is 30.0 Å². The third-order valence-corrected chi connectivity index (χ3v) is 3.84. The SMILES string of the molecule is Cc1nc([C@H](C)NC(=O)c2cccc(C(F)(F)F)n2)n(-c2ccc(C#N)cn2)n1. The van der Waals surface area contributed by atoms with Crippen molar-refractivity contribution in [2.45, 2.75) is 26.1 Å². The number of nitriles is 1. The van der Waals surface area contributed by atoms with Crippen LogP contribution in [-0.2, 0) is 6.18 Å². The molecule has 0 unspecified atom stereocenters. The molecule has 1 amide bonds. The Balaban J connectivity index is 1.85. The van der Waals surface area contributed by atoms with Crippen molar-refractivity contribution in [1.29, 1.82) is 5.26 Å². The van der Waals surface area contributed by atoms with Gasteiger partial charge in [-0.3, -0.25) is 4.79 Å². The monoisotopic (exact) mass is 401 g/mol. The third kappa shape index (κ3) is 4.37.